The largest absolute Gasteiger partial charge is 0.490 e. The van der Waals surface area contributed by atoms with Crippen LogP contribution in [0.4, 0.5) is 5.69 Å². The number of halogens is 2. The van der Waals surface area contributed by atoms with Crippen molar-refractivity contribution < 1.29 is 17.9 Å². The summed E-state index contributed by atoms with van der Waals surface area (Å²) >= 11 is 9.26. The Morgan fingerprint density at radius 3 is 2.33 bits per heavy atom. The van der Waals surface area contributed by atoms with Gasteiger partial charge in [0.15, 0.2) is 11.5 Å². The number of hydrogen-bond acceptors (Lipinski definition) is 4. The molecule has 0 amide bonds. The minimum Gasteiger partial charge on any atom is -0.490 e. The number of anilines is 1. The molecule has 0 aliphatic rings. The van der Waals surface area contributed by atoms with E-state index >= 15 is 0 Å². The zero-order valence-electron chi connectivity index (χ0n) is 13.2. The number of sulfonamides is 1. The highest BCUT2D eigenvalue weighted by Gasteiger charge is 2.18. The van der Waals surface area contributed by atoms with Crippen molar-refractivity contribution >= 4 is 43.2 Å². The van der Waals surface area contributed by atoms with Crippen LogP contribution in [0, 0.1) is 0 Å². The molecule has 130 valence electrons. The molecule has 0 heterocycles. The van der Waals surface area contributed by atoms with Crippen LogP contribution in [0.1, 0.15) is 13.8 Å². The molecule has 0 aliphatic carbocycles. The van der Waals surface area contributed by atoms with Crippen LogP contribution in [0.25, 0.3) is 0 Å². The topological polar surface area (TPSA) is 64.6 Å². The Morgan fingerprint density at radius 2 is 1.71 bits per heavy atom. The van der Waals surface area contributed by atoms with Gasteiger partial charge in [-0.15, -0.1) is 0 Å². The van der Waals surface area contributed by atoms with E-state index in [9.17, 15) is 8.42 Å². The van der Waals surface area contributed by atoms with E-state index in [1.807, 2.05) is 13.8 Å². The number of rotatable bonds is 7. The molecule has 2 aromatic carbocycles. The molecule has 2 aromatic rings. The van der Waals surface area contributed by atoms with E-state index < -0.39 is 10.0 Å². The number of nitrogens with one attached hydrogen (secondary N) is 1. The van der Waals surface area contributed by atoms with Crippen LogP contribution in [0.15, 0.2) is 45.8 Å². The van der Waals surface area contributed by atoms with E-state index in [1.54, 1.807) is 18.2 Å². The molecule has 24 heavy (non-hydrogen) atoms. The maximum absolute atomic E-state index is 12.6. The van der Waals surface area contributed by atoms with Gasteiger partial charge in [0.1, 0.15) is 0 Å². The third-order valence-corrected chi connectivity index (χ3v) is 5.61. The summed E-state index contributed by atoms with van der Waals surface area (Å²) in [5, 5.41) is 0.414. The van der Waals surface area contributed by atoms with E-state index in [0.717, 1.165) is 0 Å². The maximum atomic E-state index is 12.6. The fraction of sp³-hybridized carbons (Fsp3) is 0.250. The summed E-state index contributed by atoms with van der Waals surface area (Å²) in [7, 11) is -3.77. The van der Waals surface area contributed by atoms with Gasteiger partial charge in [0.25, 0.3) is 10.0 Å². The second kappa shape index (κ2) is 8.09. The lowest BCUT2D eigenvalue weighted by molar-refractivity contribution is 0.287. The summed E-state index contributed by atoms with van der Waals surface area (Å²) in [6.07, 6.45) is 0. The Hall–Kier alpha value is -1.44. The Kier molecular flexibility index (Phi) is 6.37. The monoisotopic (exact) mass is 433 g/mol. The van der Waals surface area contributed by atoms with E-state index in [2.05, 4.69) is 20.7 Å². The Labute approximate surface area is 155 Å². The summed E-state index contributed by atoms with van der Waals surface area (Å²) < 4.78 is 39.2. The predicted octanol–water partition coefficient (Wildman–Crippen LogP) is 4.70. The lowest BCUT2D eigenvalue weighted by Crippen LogP contribution is -2.13. The fourth-order valence-corrected chi connectivity index (χ4v) is 3.46. The first-order valence-electron chi connectivity index (χ1n) is 7.25. The van der Waals surface area contributed by atoms with Gasteiger partial charge in [0.2, 0.25) is 0 Å². The fourth-order valence-electron chi connectivity index (χ4n) is 1.97. The van der Waals surface area contributed by atoms with Crippen molar-refractivity contribution in [3.8, 4) is 11.5 Å². The van der Waals surface area contributed by atoms with Crippen molar-refractivity contribution in [3.05, 3.63) is 45.9 Å². The smallest absolute Gasteiger partial charge is 0.262 e. The summed E-state index contributed by atoms with van der Waals surface area (Å²) in [4.78, 5) is 0.0773. The standard InChI is InChI=1S/C16H17BrClNO4S/c1-3-22-15-8-6-12(10-16(15)23-4-2)24(20,21)19-11-5-7-13(17)14(18)9-11/h5-10,19H,3-4H2,1-2H3. The molecule has 0 atom stereocenters. The Morgan fingerprint density at radius 1 is 1.04 bits per heavy atom. The second-order valence-corrected chi connectivity index (χ2v) is 7.65. The van der Waals surface area contributed by atoms with Crippen LogP contribution in [0.2, 0.25) is 5.02 Å². The van der Waals surface area contributed by atoms with Crippen LogP contribution in [-0.4, -0.2) is 21.6 Å². The SMILES string of the molecule is CCOc1ccc(S(=O)(=O)Nc2ccc(Br)c(Cl)c2)cc1OCC. The lowest BCUT2D eigenvalue weighted by atomic mass is 10.3. The van der Waals surface area contributed by atoms with Gasteiger partial charge in [-0.1, -0.05) is 11.6 Å². The highest BCUT2D eigenvalue weighted by atomic mass is 79.9. The maximum Gasteiger partial charge on any atom is 0.262 e. The summed E-state index contributed by atoms with van der Waals surface area (Å²) in [6, 6.07) is 9.31. The molecule has 0 spiro atoms. The van der Waals surface area contributed by atoms with E-state index in [0.29, 0.717) is 39.9 Å². The number of hydrogen-bond donors (Lipinski definition) is 1. The first-order valence-corrected chi connectivity index (χ1v) is 9.90. The molecule has 2 rings (SSSR count). The molecule has 1 N–H and O–H groups in total. The average Bonchev–Trinajstić information content (AvgIpc) is 2.53. The van der Waals surface area contributed by atoms with Crippen molar-refractivity contribution in [1.29, 1.82) is 0 Å². The minimum atomic E-state index is -3.77. The number of ether oxygens (including phenoxy) is 2. The van der Waals surface area contributed by atoms with Crippen LogP contribution >= 0.6 is 27.5 Å². The quantitative estimate of drug-likeness (QED) is 0.686. The van der Waals surface area contributed by atoms with E-state index in [1.165, 1.54) is 18.2 Å². The number of benzene rings is 2. The van der Waals surface area contributed by atoms with Crippen molar-refractivity contribution in [2.24, 2.45) is 0 Å². The molecule has 0 bridgehead atoms. The highest BCUT2D eigenvalue weighted by Crippen LogP contribution is 2.32. The Balaban J connectivity index is 2.34. The Bertz CT molecular complexity index is 827. The minimum absolute atomic E-state index is 0.0773. The van der Waals surface area contributed by atoms with Crippen LogP contribution in [-0.2, 0) is 10.0 Å². The molecule has 0 aromatic heterocycles. The molecule has 0 unspecified atom stereocenters. The van der Waals surface area contributed by atoms with E-state index in [4.69, 9.17) is 21.1 Å². The van der Waals surface area contributed by atoms with Crippen molar-refractivity contribution in [2.45, 2.75) is 18.7 Å². The molecular formula is C16H17BrClNO4S. The first-order chi connectivity index (χ1) is 11.4. The molecule has 5 nitrogen and oxygen atoms in total. The molecule has 8 heteroatoms. The van der Waals surface area contributed by atoms with Gasteiger partial charge in [-0.05, 0) is 60.1 Å². The second-order valence-electron chi connectivity index (χ2n) is 4.71. The van der Waals surface area contributed by atoms with Gasteiger partial charge < -0.3 is 9.47 Å². The summed E-state index contributed by atoms with van der Waals surface area (Å²) in [5.74, 6) is 0.890. The molecular weight excluding hydrogens is 418 g/mol. The molecule has 0 fully saturated rings. The van der Waals surface area contributed by atoms with E-state index in [-0.39, 0.29) is 4.90 Å². The lowest BCUT2D eigenvalue weighted by Gasteiger charge is -2.13. The average molecular weight is 435 g/mol. The van der Waals surface area contributed by atoms with Gasteiger partial charge in [-0.2, -0.15) is 0 Å². The zero-order valence-corrected chi connectivity index (χ0v) is 16.3. The highest BCUT2D eigenvalue weighted by molar-refractivity contribution is 9.10. The normalized spacial score (nSPS) is 11.2. The van der Waals surface area contributed by atoms with Gasteiger partial charge in [0.05, 0.1) is 28.8 Å². The third kappa shape index (κ3) is 4.55. The third-order valence-electron chi connectivity index (χ3n) is 3.00. The zero-order chi connectivity index (χ0) is 17.7. The first kappa shape index (κ1) is 18.9. The summed E-state index contributed by atoms with van der Waals surface area (Å²) in [5.41, 5.74) is 0.370. The summed E-state index contributed by atoms with van der Waals surface area (Å²) in [6.45, 7) is 4.53. The predicted molar refractivity (Wildman–Crippen MR) is 98.7 cm³/mol. The molecule has 0 saturated heterocycles. The van der Waals surface area contributed by atoms with Crippen LogP contribution in [0.3, 0.4) is 0 Å². The van der Waals surface area contributed by atoms with Crippen molar-refractivity contribution in [3.63, 3.8) is 0 Å². The van der Waals surface area contributed by atoms with Gasteiger partial charge in [-0.25, -0.2) is 8.42 Å². The van der Waals surface area contributed by atoms with Crippen LogP contribution < -0.4 is 14.2 Å². The molecule has 0 saturated carbocycles. The van der Waals surface area contributed by atoms with Crippen LogP contribution in [0.5, 0.6) is 11.5 Å². The van der Waals surface area contributed by atoms with Gasteiger partial charge in [0, 0.05) is 10.5 Å². The van der Waals surface area contributed by atoms with Crippen molar-refractivity contribution in [1.82, 2.24) is 0 Å². The van der Waals surface area contributed by atoms with Gasteiger partial charge >= 0.3 is 0 Å². The van der Waals surface area contributed by atoms with Gasteiger partial charge in [-0.3, -0.25) is 4.72 Å². The van der Waals surface area contributed by atoms with Crippen molar-refractivity contribution in [2.75, 3.05) is 17.9 Å². The molecule has 0 radical (unpaired) electrons. The molecule has 0 aliphatic heterocycles.